The zero-order valence-electron chi connectivity index (χ0n) is 17.4. The average molecular weight is 408 g/mol. The summed E-state index contributed by atoms with van der Waals surface area (Å²) in [6.45, 7) is 4.67. The second-order valence-corrected chi connectivity index (χ2v) is 7.04. The van der Waals surface area contributed by atoms with Crippen LogP contribution in [-0.2, 0) is 9.47 Å². The Morgan fingerprint density at radius 1 is 0.967 bits per heavy atom. The first kappa shape index (κ1) is 21.1. The number of ether oxygens (including phenoxy) is 3. The van der Waals surface area contributed by atoms with Crippen LogP contribution in [0.5, 0.6) is 5.75 Å². The SMILES string of the molecule is COC(=O)c1c(-c2cccc(OCC(C)C)c2)nn(-c2ccccc2)c1C(=O)OC. The molecule has 0 saturated heterocycles. The highest BCUT2D eigenvalue weighted by Gasteiger charge is 2.31. The van der Waals surface area contributed by atoms with E-state index in [-0.39, 0.29) is 11.3 Å². The Hall–Kier alpha value is -3.61. The monoisotopic (exact) mass is 408 g/mol. The molecule has 0 radical (unpaired) electrons. The molecule has 1 aromatic heterocycles. The fraction of sp³-hybridized carbons (Fsp3) is 0.261. The first-order valence-corrected chi connectivity index (χ1v) is 9.54. The van der Waals surface area contributed by atoms with Gasteiger partial charge in [-0.15, -0.1) is 0 Å². The van der Waals surface area contributed by atoms with Gasteiger partial charge in [-0.3, -0.25) is 0 Å². The third kappa shape index (κ3) is 4.35. The van der Waals surface area contributed by atoms with Crippen LogP contribution < -0.4 is 4.74 Å². The van der Waals surface area contributed by atoms with Crippen LogP contribution in [0.2, 0.25) is 0 Å². The molecule has 0 amide bonds. The van der Waals surface area contributed by atoms with Crippen molar-refractivity contribution < 1.29 is 23.8 Å². The van der Waals surface area contributed by atoms with Crippen LogP contribution >= 0.6 is 0 Å². The molecule has 156 valence electrons. The van der Waals surface area contributed by atoms with E-state index in [4.69, 9.17) is 14.2 Å². The van der Waals surface area contributed by atoms with Gasteiger partial charge in [0.25, 0.3) is 0 Å². The molecular weight excluding hydrogens is 384 g/mol. The van der Waals surface area contributed by atoms with Gasteiger partial charge in [0.1, 0.15) is 17.0 Å². The van der Waals surface area contributed by atoms with Crippen molar-refractivity contribution in [3.05, 3.63) is 65.9 Å². The van der Waals surface area contributed by atoms with Gasteiger partial charge in [0.05, 0.1) is 26.5 Å². The Bertz CT molecular complexity index is 1040. The van der Waals surface area contributed by atoms with Gasteiger partial charge in [-0.1, -0.05) is 44.2 Å². The van der Waals surface area contributed by atoms with Crippen LogP contribution in [0.3, 0.4) is 0 Å². The fourth-order valence-corrected chi connectivity index (χ4v) is 2.95. The van der Waals surface area contributed by atoms with Crippen molar-refractivity contribution in [3.8, 4) is 22.7 Å². The van der Waals surface area contributed by atoms with E-state index in [2.05, 4.69) is 18.9 Å². The highest BCUT2D eigenvalue weighted by Crippen LogP contribution is 2.31. The molecule has 2 aromatic carbocycles. The molecule has 0 atom stereocenters. The van der Waals surface area contributed by atoms with Gasteiger partial charge in [-0.2, -0.15) is 5.10 Å². The second-order valence-electron chi connectivity index (χ2n) is 7.04. The fourth-order valence-electron chi connectivity index (χ4n) is 2.95. The summed E-state index contributed by atoms with van der Waals surface area (Å²) in [6, 6.07) is 16.3. The highest BCUT2D eigenvalue weighted by atomic mass is 16.5. The number of hydrogen-bond donors (Lipinski definition) is 0. The van der Waals surface area contributed by atoms with E-state index in [0.717, 1.165) is 0 Å². The summed E-state index contributed by atoms with van der Waals surface area (Å²) < 4.78 is 17.1. The number of carbonyl (C=O) groups excluding carboxylic acids is 2. The van der Waals surface area contributed by atoms with Crippen molar-refractivity contribution in [2.24, 2.45) is 5.92 Å². The Morgan fingerprint density at radius 2 is 1.67 bits per heavy atom. The summed E-state index contributed by atoms with van der Waals surface area (Å²) in [4.78, 5) is 25.3. The maximum Gasteiger partial charge on any atom is 0.357 e. The maximum atomic E-state index is 12.7. The number of esters is 2. The first-order valence-electron chi connectivity index (χ1n) is 9.54. The number of aromatic nitrogens is 2. The normalized spacial score (nSPS) is 10.7. The first-order chi connectivity index (χ1) is 14.5. The van der Waals surface area contributed by atoms with E-state index in [1.807, 2.05) is 30.3 Å². The topological polar surface area (TPSA) is 79.7 Å². The molecule has 0 saturated carbocycles. The standard InChI is InChI=1S/C23H24N2O5/c1-15(2)14-30-18-12-8-9-16(13-18)20-19(22(26)28-3)21(23(27)29-4)25(24-20)17-10-6-5-7-11-17/h5-13,15H,14H2,1-4H3. The summed E-state index contributed by atoms with van der Waals surface area (Å²) in [5, 5.41) is 4.58. The molecule has 0 bridgehead atoms. The molecule has 0 spiro atoms. The van der Waals surface area contributed by atoms with Crippen LogP contribution in [0, 0.1) is 5.92 Å². The third-order valence-electron chi connectivity index (χ3n) is 4.35. The minimum atomic E-state index is -0.690. The molecule has 3 aromatic rings. The van der Waals surface area contributed by atoms with Gasteiger partial charge in [-0.05, 0) is 30.2 Å². The van der Waals surface area contributed by atoms with Gasteiger partial charge < -0.3 is 14.2 Å². The summed E-state index contributed by atoms with van der Waals surface area (Å²) >= 11 is 0. The second kappa shape index (κ2) is 9.26. The minimum absolute atomic E-state index is 0.000878. The van der Waals surface area contributed by atoms with E-state index in [1.54, 1.807) is 24.3 Å². The number of benzene rings is 2. The molecular formula is C23H24N2O5. The lowest BCUT2D eigenvalue weighted by atomic mass is 10.1. The molecule has 0 unspecified atom stereocenters. The predicted molar refractivity (Wildman–Crippen MR) is 112 cm³/mol. The zero-order valence-corrected chi connectivity index (χ0v) is 17.4. The van der Waals surface area contributed by atoms with E-state index >= 15 is 0 Å². The number of carbonyl (C=O) groups is 2. The highest BCUT2D eigenvalue weighted by molar-refractivity contribution is 6.06. The van der Waals surface area contributed by atoms with E-state index in [9.17, 15) is 9.59 Å². The van der Waals surface area contributed by atoms with Crippen molar-refractivity contribution in [2.75, 3.05) is 20.8 Å². The maximum absolute atomic E-state index is 12.7. The van der Waals surface area contributed by atoms with Crippen molar-refractivity contribution in [1.82, 2.24) is 9.78 Å². The van der Waals surface area contributed by atoms with Crippen LogP contribution in [0.15, 0.2) is 54.6 Å². The predicted octanol–water partition coefficient (Wildman–Crippen LogP) is 4.15. The molecule has 0 aliphatic heterocycles. The van der Waals surface area contributed by atoms with Gasteiger partial charge in [0.2, 0.25) is 0 Å². The van der Waals surface area contributed by atoms with Crippen LogP contribution in [-0.4, -0.2) is 42.5 Å². The van der Waals surface area contributed by atoms with Crippen molar-refractivity contribution in [3.63, 3.8) is 0 Å². The van der Waals surface area contributed by atoms with Crippen molar-refractivity contribution >= 4 is 11.9 Å². The number of nitrogens with zero attached hydrogens (tertiary/aromatic N) is 2. The smallest absolute Gasteiger partial charge is 0.357 e. The van der Waals surface area contributed by atoms with Crippen LogP contribution in [0.4, 0.5) is 0 Å². The largest absolute Gasteiger partial charge is 0.493 e. The van der Waals surface area contributed by atoms with Crippen molar-refractivity contribution in [1.29, 1.82) is 0 Å². The Balaban J connectivity index is 2.22. The number of hydrogen-bond acceptors (Lipinski definition) is 6. The van der Waals surface area contributed by atoms with Crippen LogP contribution in [0.1, 0.15) is 34.7 Å². The van der Waals surface area contributed by atoms with Gasteiger partial charge >= 0.3 is 11.9 Å². The van der Waals surface area contributed by atoms with Crippen LogP contribution in [0.25, 0.3) is 16.9 Å². The van der Waals surface area contributed by atoms with E-state index in [1.165, 1.54) is 18.9 Å². The third-order valence-corrected chi connectivity index (χ3v) is 4.35. The molecule has 0 fully saturated rings. The molecule has 30 heavy (non-hydrogen) atoms. The van der Waals surface area contributed by atoms with Gasteiger partial charge in [-0.25, -0.2) is 14.3 Å². The Morgan fingerprint density at radius 3 is 2.30 bits per heavy atom. The Labute approximate surface area is 175 Å². The Kier molecular flexibility index (Phi) is 6.51. The lowest BCUT2D eigenvalue weighted by Gasteiger charge is -2.10. The summed E-state index contributed by atoms with van der Waals surface area (Å²) in [5.41, 5.74) is 1.58. The molecule has 3 rings (SSSR count). The summed E-state index contributed by atoms with van der Waals surface area (Å²) in [6.07, 6.45) is 0. The summed E-state index contributed by atoms with van der Waals surface area (Å²) in [5.74, 6) is -0.361. The number of methoxy groups -OCH3 is 2. The molecule has 1 heterocycles. The molecule has 0 aliphatic rings. The average Bonchev–Trinajstić information content (AvgIpc) is 3.18. The minimum Gasteiger partial charge on any atom is -0.493 e. The van der Waals surface area contributed by atoms with Crippen molar-refractivity contribution in [2.45, 2.75) is 13.8 Å². The van der Waals surface area contributed by atoms with E-state index in [0.29, 0.717) is 35.2 Å². The van der Waals surface area contributed by atoms with E-state index < -0.39 is 11.9 Å². The number of rotatable bonds is 7. The lowest BCUT2D eigenvalue weighted by Crippen LogP contribution is -2.15. The quantitative estimate of drug-likeness (QED) is 0.547. The van der Waals surface area contributed by atoms with Gasteiger partial charge in [0, 0.05) is 5.56 Å². The number of para-hydroxylation sites is 1. The molecule has 7 heteroatoms. The lowest BCUT2D eigenvalue weighted by molar-refractivity contribution is 0.0549. The molecule has 0 aliphatic carbocycles. The molecule has 7 nitrogen and oxygen atoms in total. The van der Waals surface area contributed by atoms with Gasteiger partial charge in [0.15, 0.2) is 5.69 Å². The summed E-state index contributed by atoms with van der Waals surface area (Å²) in [7, 11) is 2.51. The zero-order chi connectivity index (χ0) is 21.7. The molecule has 0 N–H and O–H groups in total.